The number of ether oxygens (including phenoxy) is 1. The zero-order valence-corrected chi connectivity index (χ0v) is 11.6. The van der Waals surface area contributed by atoms with Crippen LogP contribution in [0.1, 0.15) is 29.1 Å². The summed E-state index contributed by atoms with van der Waals surface area (Å²) >= 11 is 1.25. The quantitative estimate of drug-likeness (QED) is 0.906. The zero-order valence-electron chi connectivity index (χ0n) is 10.8. The van der Waals surface area contributed by atoms with Crippen molar-refractivity contribution in [1.82, 2.24) is 0 Å². The molecular weight excluding hydrogens is 260 g/mol. The third-order valence-corrected chi connectivity index (χ3v) is 4.37. The molecule has 2 heterocycles. The Kier molecular flexibility index (Phi) is 2.64. The lowest BCUT2D eigenvalue weighted by molar-refractivity contribution is 0.0703. The summed E-state index contributed by atoms with van der Waals surface area (Å²) in [6.07, 6.45) is 0. The maximum Gasteiger partial charge on any atom is 0.346 e. The number of aromatic carboxylic acids is 1. The van der Waals surface area contributed by atoms with Crippen LogP contribution in [0.4, 0.5) is 0 Å². The van der Waals surface area contributed by atoms with Crippen molar-refractivity contribution in [3.05, 3.63) is 40.1 Å². The van der Waals surface area contributed by atoms with Gasteiger partial charge in [0.05, 0.1) is 6.61 Å². The molecule has 0 spiro atoms. The molecule has 0 fully saturated rings. The van der Waals surface area contributed by atoms with Crippen LogP contribution >= 0.6 is 11.3 Å². The highest BCUT2D eigenvalue weighted by molar-refractivity contribution is 7.12. The van der Waals surface area contributed by atoms with Crippen molar-refractivity contribution in [3.8, 4) is 16.9 Å². The fourth-order valence-electron chi connectivity index (χ4n) is 2.39. The third-order valence-electron chi connectivity index (χ3n) is 3.47. The topological polar surface area (TPSA) is 46.5 Å². The summed E-state index contributed by atoms with van der Waals surface area (Å²) in [6, 6.07) is 7.77. The van der Waals surface area contributed by atoms with Gasteiger partial charge < -0.3 is 9.84 Å². The van der Waals surface area contributed by atoms with Crippen LogP contribution in [0.25, 0.3) is 11.1 Å². The largest absolute Gasteiger partial charge is 0.492 e. The molecule has 3 nitrogen and oxygen atoms in total. The first-order valence-electron chi connectivity index (χ1n) is 6.07. The number of rotatable bonds is 2. The number of hydrogen-bond acceptors (Lipinski definition) is 3. The molecule has 19 heavy (non-hydrogen) atoms. The molecule has 1 aliphatic heterocycles. The SMILES string of the molecule is CC1(C)COc2ccc(-c3ccsc3C(=O)O)cc21. The first-order chi connectivity index (χ1) is 8.99. The second kappa shape index (κ2) is 4.10. The molecule has 1 N–H and O–H groups in total. The minimum atomic E-state index is -0.874. The molecule has 2 aromatic rings. The van der Waals surface area contributed by atoms with E-state index in [9.17, 15) is 9.90 Å². The molecule has 0 unspecified atom stereocenters. The van der Waals surface area contributed by atoms with Gasteiger partial charge in [0.1, 0.15) is 10.6 Å². The number of carboxylic acids is 1. The molecule has 0 saturated carbocycles. The third kappa shape index (κ3) is 1.92. The fraction of sp³-hybridized carbons (Fsp3) is 0.267. The van der Waals surface area contributed by atoms with Crippen LogP contribution in [-0.4, -0.2) is 17.7 Å². The van der Waals surface area contributed by atoms with E-state index in [1.165, 1.54) is 11.3 Å². The Morgan fingerprint density at radius 2 is 2.16 bits per heavy atom. The summed E-state index contributed by atoms with van der Waals surface area (Å²) in [5.74, 6) is 0.0295. The summed E-state index contributed by atoms with van der Waals surface area (Å²) in [5.41, 5.74) is 2.84. The minimum Gasteiger partial charge on any atom is -0.492 e. The van der Waals surface area contributed by atoms with E-state index < -0.39 is 5.97 Å². The lowest BCUT2D eigenvalue weighted by atomic mass is 9.85. The first kappa shape index (κ1) is 12.2. The van der Waals surface area contributed by atoms with Gasteiger partial charge in [0.15, 0.2) is 0 Å². The Morgan fingerprint density at radius 1 is 1.37 bits per heavy atom. The van der Waals surface area contributed by atoms with Crippen LogP contribution in [0, 0.1) is 0 Å². The van der Waals surface area contributed by atoms with Gasteiger partial charge in [-0.05, 0) is 29.1 Å². The van der Waals surface area contributed by atoms with Crippen molar-refractivity contribution in [1.29, 1.82) is 0 Å². The van der Waals surface area contributed by atoms with E-state index in [0.717, 1.165) is 22.4 Å². The molecule has 4 heteroatoms. The van der Waals surface area contributed by atoms with Crippen molar-refractivity contribution in [2.75, 3.05) is 6.61 Å². The van der Waals surface area contributed by atoms with Gasteiger partial charge in [-0.3, -0.25) is 0 Å². The maximum atomic E-state index is 11.2. The van der Waals surface area contributed by atoms with E-state index in [1.54, 1.807) is 0 Å². The van der Waals surface area contributed by atoms with Crippen LogP contribution in [0.2, 0.25) is 0 Å². The predicted octanol–water partition coefficient (Wildman–Crippen LogP) is 3.78. The van der Waals surface area contributed by atoms with Crippen molar-refractivity contribution in [2.24, 2.45) is 0 Å². The van der Waals surface area contributed by atoms with E-state index >= 15 is 0 Å². The summed E-state index contributed by atoms with van der Waals surface area (Å²) in [5, 5.41) is 11.0. The van der Waals surface area contributed by atoms with Gasteiger partial charge in [0.2, 0.25) is 0 Å². The van der Waals surface area contributed by atoms with E-state index in [4.69, 9.17) is 4.74 Å². The summed E-state index contributed by atoms with van der Waals surface area (Å²) in [7, 11) is 0. The average molecular weight is 274 g/mol. The molecule has 0 saturated heterocycles. The highest BCUT2D eigenvalue weighted by Crippen LogP contribution is 2.41. The Morgan fingerprint density at radius 3 is 2.89 bits per heavy atom. The molecule has 1 aromatic carbocycles. The monoisotopic (exact) mass is 274 g/mol. The average Bonchev–Trinajstić information content (AvgIpc) is 2.95. The Labute approximate surface area is 115 Å². The first-order valence-corrected chi connectivity index (χ1v) is 6.95. The van der Waals surface area contributed by atoms with Crippen LogP contribution < -0.4 is 4.74 Å². The van der Waals surface area contributed by atoms with Gasteiger partial charge in [-0.25, -0.2) is 4.79 Å². The Bertz CT molecular complexity index is 655. The van der Waals surface area contributed by atoms with Gasteiger partial charge in [-0.2, -0.15) is 0 Å². The van der Waals surface area contributed by atoms with E-state index in [-0.39, 0.29) is 5.41 Å². The molecule has 0 aliphatic carbocycles. The molecule has 0 radical (unpaired) electrons. The van der Waals surface area contributed by atoms with Crippen molar-refractivity contribution in [3.63, 3.8) is 0 Å². The number of thiophene rings is 1. The highest BCUT2D eigenvalue weighted by Gasteiger charge is 2.32. The van der Waals surface area contributed by atoms with E-state index in [1.807, 2.05) is 23.6 Å². The van der Waals surface area contributed by atoms with E-state index in [0.29, 0.717) is 11.5 Å². The predicted molar refractivity (Wildman–Crippen MR) is 75.2 cm³/mol. The molecule has 1 aliphatic rings. The van der Waals surface area contributed by atoms with Crippen LogP contribution in [0.3, 0.4) is 0 Å². The molecule has 0 bridgehead atoms. The second-order valence-electron chi connectivity index (χ2n) is 5.35. The molecule has 0 atom stereocenters. The van der Waals surface area contributed by atoms with Gasteiger partial charge in [-0.15, -0.1) is 11.3 Å². The lowest BCUT2D eigenvalue weighted by Crippen LogP contribution is -2.18. The number of carbonyl (C=O) groups is 1. The van der Waals surface area contributed by atoms with Gasteiger partial charge in [-0.1, -0.05) is 19.9 Å². The molecule has 3 rings (SSSR count). The minimum absolute atomic E-state index is 0.0231. The fourth-order valence-corrected chi connectivity index (χ4v) is 3.14. The number of hydrogen-bond donors (Lipinski definition) is 1. The lowest BCUT2D eigenvalue weighted by Gasteiger charge is -2.15. The summed E-state index contributed by atoms with van der Waals surface area (Å²) in [6.45, 7) is 4.93. The number of carboxylic acid groups (broad SMARTS) is 1. The maximum absolute atomic E-state index is 11.2. The molecular formula is C15H14O3S. The normalized spacial score (nSPS) is 15.9. The zero-order chi connectivity index (χ0) is 13.6. The van der Waals surface area contributed by atoms with Crippen LogP contribution in [0.15, 0.2) is 29.6 Å². The van der Waals surface area contributed by atoms with Gasteiger partial charge in [0, 0.05) is 16.5 Å². The van der Waals surface area contributed by atoms with Crippen LogP contribution in [0.5, 0.6) is 5.75 Å². The summed E-state index contributed by atoms with van der Waals surface area (Å²) < 4.78 is 5.65. The smallest absolute Gasteiger partial charge is 0.346 e. The number of fused-ring (bicyclic) bond motifs is 1. The van der Waals surface area contributed by atoms with Crippen LogP contribution in [-0.2, 0) is 5.41 Å². The molecule has 1 aromatic heterocycles. The number of benzene rings is 1. The second-order valence-corrected chi connectivity index (χ2v) is 6.27. The molecule has 0 amide bonds. The Hall–Kier alpha value is -1.81. The van der Waals surface area contributed by atoms with Crippen molar-refractivity contribution >= 4 is 17.3 Å². The summed E-state index contributed by atoms with van der Waals surface area (Å²) in [4.78, 5) is 11.6. The van der Waals surface area contributed by atoms with Crippen molar-refractivity contribution in [2.45, 2.75) is 19.3 Å². The van der Waals surface area contributed by atoms with E-state index in [2.05, 4.69) is 19.9 Å². The van der Waals surface area contributed by atoms with Crippen molar-refractivity contribution < 1.29 is 14.6 Å². The van der Waals surface area contributed by atoms with Gasteiger partial charge in [0.25, 0.3) is 0 Å². The Balaban J connectivity index is 2.13. The highest BCUT2D eigenvalue weighted by atomic mass is 32.1. The molecule has 98 valence electrons. The van der Waals surface area contributed by atoms with Gasteiger partial charge >= 0.3 is 5.97 Å². The standard InChI is InChI=1S/C15H14O3S/c1-15(2)8-18-12-4-3-9(7-11(12)15)10-5-6-19-13(10)14(16)17/h3-7H,8H2,1-2H3,(H,16,17).